The van der Waals surface area contributed by atoms with Gasteiger partial charge < -0.3 is 16.4 Å². The van der Waals surface area contributed by atoms with Crippen molar-refractivity contribution in [3.8, 4) is 0 Å². The number of nitrogens with one attached hydrogen (secondary N) is 2. The van der Waals surface area contributed by atoms with Gasteiger partial charge in [0.1, 0.15) is 6.04 Å². The highest BCUT2D eigenvalue weighted by Crippen LogP contribution is 2.32. The van der Waals surface area contributed by atoms with Crippen LogP contribution < -0.4 is 16.4 Å². The molecule has 7 heteroatoms. The number of nitrogens with two attached hydrogens (primary N) is 1. The second kappa shape index (κ2) is 10.6. The molecular formula is C17H26ClN3O2S. The minimum absolute atomic E-state index is 0. The van der Waals surface area contributed by atoms with Gasteiger partial charge in [-0.3, -0.25) is 9.59 Å². The Kier molecular flexibility index (Phi) is 9.18. The first kappa shape index (κ1) is 20.8. The van der Waals surface area contributed by atoms with Crippen LogP contribution in [0.1, 0.15) is 29.6 Å². The van der Waals surface area contributed by atoms with Gasteiger partial charge in [-0.1, -0.05) is 18.2 Å². The summed E-state index contributed by atoms with van der Waals surface area (Å²) < 4.78 is 0. The van der Waals surface area contributed by atoms with Crippen LogP contribution in [0.3, 0.4) is 0 Å². The summed E-state index contributed by atoms with van der Waals surface area (Å²) in [4.78, 5) is 24.8. The summed E-state index contributed by atoms with van der Waals surface area (Å²) in [7, 11) is 0. The van der Waals surface area contributed by atoms with E-state index in [0.29, 0.717) is 24.4 Å². The number of carbonyl (C=O) groups excluding carboxylic acids is 2. The molecule has 2 rings (SSSR count). The minimum Gasteiger partial charge on any atom is -0.350 e. The van der Waals surface area contributed by atoms with E-state index in [4.69, 9.17) is 5.73 Å². The molecule has 0 spiro atoms. The van der Waals surface area contributed by atoms with Gasteiger partial charge in [0, 0.05) is 18.2 Å². The van der Waals surface area contributed by atoms with Crippen molar-refractivity contribution >= 4 is 36.0 Å². The van der Waals surface area contributed by atoms with E-state index < -0.39 is 6.04 Å². The Morgan fingerprint density at radius 2 is 1.92 bits per heavy atom. The summed E-state index contributed by atoms with van der Waals surface area (Å²) in [5.41, 5.74) is 6.31. The molecule has 0 heterocycles. The van der Waals surface area contributed by atoms with Gasteiger partial charge in [-0.25, -0.2) is 0 Å². The number of hydrogen-bond donors (Lipinski definition) is 3. The zero-order valence-corrected chi connectivity index (χ0v) is 15.5. The van der Waals surface area contributed by atoms with Crippen LogP contribution in [0.15, 0.2) is 30.3 Å². The number of thioether (sulfide) groups is 1. The summed E-state index contributed by atoms with van der Waals surface area (Å²) in [6, 6.07) is 8.46. The zero-order valence-electron chi connectivity index (χ0n) is 13.9. The van der Waals surface area contributed by atoms with Crippen molar-refractivity contribution in [2.24, 2.45) is 11.7 Å². The van der Waals surface area contributed by atoms with Crippen LogP contribution in [0.5, 0.6) is 0 Å². The molecule has 0 bridgehead atoms. The predicted octanol–water partition coefficient (Wildman–Crippen LogP) is 1.81. The Morgan fingerprint density at radius 3 is 2.46 bits per heavy atom. The first-order valence-corrected chi connectivity index (χ1v) is 9.40. The lowest BCUT2D eigenvalue weighted by atomic mass is 10.1. The van der Waals surface area contributed by atoms with Crippen molar-refractivity contribution in [2.75, 3.05) is 18.6 Å². The second-order valence-electron chi connectivity index (χ2n) is 5.86. The van der Waals surface area contributed by atoms with Crippen molar-refractivity contribution in [3.05, 3.63) is 35.9 Å². The Morgan fingerprint density at radius 1 is 1.25 bits per heavy atom. The van der Waals surface area contributed by atoms with E-state index in [-0.39, 0.29) is 30.3 Å². The highest BCUT2D eigenvalue weighted by Gasteiger charge is 2.33. The Hall–Kier alpha value is -1.24. The van der Waals surface area contributed by atoms with Crippen molar-refractivity contribution in [1.82, 2.24) is 10.6 Å². The highest BCUT2D eigenvalue weighted by atomic mass is 35.5. The molecule has 2 amide bonds. The van der Waals surface area contributed by atoms with Gasteiger partial charge in [-0.2, -0.15) is 11.8 Å². The molecule has 1 aliphatic carbocycles. The molecule has 1 aromatic carbocycles. The third-order valence-electron chi connectivity index (χ3n) is 4.04. The normalized spacial score (nSPS) is 15.8. The molecule has 1 saturated carbocycles. The molecule has 5 nitrogen and oxygen atoms in total. The molecule has 0 aromatic heterocycles. The number of rotatable bonds is 9. The molecule has 1 fully saturated rings. The fraction of sp³-hybridized carbons (Fsp3) is 0.529. The number of amides is 2. The molecule has 0 aliphatic heterocycles. The van der Waals surface area contributed by atoms with Crippen LogP contribution in [0.25, 0.3) is 0 Å². The van der Waals surface area contributed by atoms with Gasteiger partial charge in [0.2, 0.25) is 5.91 Å². The van der Waals surface area contributed by atoms with Crippen LogP contribution >= 0.6 is 24.2 Å². The van der Waals surface area contributed by atoms with E-state index in [1.165, 1.54) is 0 Å². The molecule has 2 unspecified atom stereocenters. The number of halogens is 1. The van der Waals surface area contributed by atoms with E-state index in [1.807, 2.05) is 24.5 Å². The number of benzene rings is 1. The van der Waals surface area contributed by atoms with Crippen LogP contribution in [0, 0.1) is 5.92 Å². The standard InChI is InChI=1S/C17H25N3O2S.ClH/c1-23-10-9-14(17(22)20-15(11-18)12-7-8-12)19-16(21)13-5-3-2-4-6-13;/h2-6,12,14-15H,7-11,18H2,1H3,(H,19,21)(H,20,22);1H. The van der Waals surface area contributed by atoms with Crippen molar-refractivity contribution in [1.29, 1.82) is 0 Å². The maximum atomic E-state index is 12.5. The van der Waals surface area contributed by atoms with Crippen LogP contribution in [-0.2, 0) is 4.79 Å². The van der Waals surface area contributed by atoms with Gasteiger partial charge in [-0.15, -0.1) is 12.4 Å². The smallest absolute Gasteiger partial charge is 0.251 e. The van der Waals surface area contributed by atoms with Crippen LogP contribution in [0.4, 0.5) is 0 Å². The van der Waals surface area contributed by atoms with E-state index in [9.17, 15) is 9.59 Å². The molecule has 134 valence electrons. The molecule has 0 saturated heterocycles. The molecule has 1 aromatic rings. The first-order chi connectivity index (χ1) is 11.2. The third-order valence-corrected chi connectivity index (χ3v) is 4.69. The molecule has 1 aliphatic rings. The number of hydrogen-bond acceptors (Lipinski definition) is 4. The minimum atomic E-state index is -0.525. The molecule has 0 radical (unpaired) electrons. The topological polar surface area (TPSA) is 84.2 Å². The van der Waals surface area contributed by atoms with Crippen molar-refractivity contribution in [3.63, 3.8) is 0 Å². The number of carbonyl (C=O) groups is 2. The van der Waals surface area contributed by atoms with Crippen molar-refractivity contribution in [2.45, 2.75) is 31.3 Å². The SMILES string of the molecule is CSCCC(NC(=O)c1ccccc1)C(=O)NC(CN)C1CC1.Cl. The van der Waals surface area contributed by atoms with Crippen molar-refractivity contribution < 1.29 is 9.59 Å². The quantitative estimate of drug-likeness (QED) is 0.618. The van der Waals surface area contributed by atoms with E-state index in [0.717, 1.165) is 18.6 Å². The monoisotopic (exact) mass is 371 g/mol. The molecule has 2 atom stereocenters. The Balaban J connectivity index is 0.00000288. The summed E-state index contributed by atoms with van der Waals surface area (Å²) in [6.07, 6.45) is 4.83. The van der Waals surface area contributed by atoms with Crippen LogP contribution in [-0.4, -0.2) is 42.5 Å². The summed E-state index contributed by atoms with van der Waals surface area (Å²) in [5, 5.41) is 5.86. The highest BCUT2D eigenvalue weighted by molar-refractivity contribution is 7.98. The van der Waals surface area contributed by atoms with Gasteiger partial charge in [-0.05, 0) is 49.3 Å². The molecular weight excluding hydrogens is 346 g/mol. The second-order valence-corrected chi connectivity index (χ2v) is 6.85. The van der Waals surface area contributed by atoms with Gasteiger partial charge in [0.25, 0.3) is 5.91 Å². The maximum absolute atomic E-state index is 12.5. The average molecular weight is 372 g/mol. The fourth-order valence-corrected chi connectivity index (χ4v) is 2.96. The van der Waals surface area contributed by atoms with Gasteiger partial charge >= 0.3 is 0 Å². The first-order valence-electron chi connectivity index (χ1n) is 8.01. The van der Waals surface area contributed by atoms with E-state index >= 15 is 0 Å². The lowest BCUT2D eigenvalue weighted by molar-refractivity contribution is -0.123. The summed E-state index contributed by atoms with van der Waals surface area (Å²) in [5.74, 6) is 0.951. The zero-order chi connectivity index (χ0) is 16.7. The third kappa shape index (κ3) is 6.34. The van der Waals surface area contributed by atoms with E-state index in [2.05, 4.69) is 10.6 Å². The Labute approximate surface area is 153 Å². The lowest BCUT2D eigenvalue weighted by Gasteiger charge is -2.22. The van der Waals surface area contributed by atoms with Crippen LogP contribution in [0.2, 0.25) is 0 Å². The van der Waals surface area contributed by atoms with Gasteiger partial charge in [0.15, 0.2) is 0 Å². The largest absolute Gasteiger partial charge is 0.350 e. The van der Waals surface area contributed by atoms with Gasteiger partial charge in [0.05, 0.1) is 0 Å². The lowest BCUT2D eigenvalue weighted by Crippen LogP contribution is -2.52. The Bertz CT molecular complexity index is 526. The predicted molar refractivity (Wildman–Crippen MR) is 102 cm³/mol. The maximum Gasteiger partial charge on any atom is 0.251 e. The van der Waals surface area contributed by atoms with E-state index in [1.54, 1.807) is 23.9 Å². The molecule has 24 heavy (non-hydrogen) atoms. The fourth-order valence-electron chi connectivity index (χ4n) is 2.49. The average Bonchev–Trinajstić information content (AvgIpc) is 3.41. The molecule has 4 N–H and O–H groups in total. The summed E-state index contributed by atoms with van der Waals surface area (Å²) in [6.45, 7) is 0.443. The summed E-state index contributed by atoms with van der Waals surface area (Å²) >= 11 is 1.66.